The minimum atomic E-state index is -0.807. The van der Waals surface area contributed by atoms with Gasteiger partial charge in [-0.05, 0) is 29.6 Å². The number of nitrogens with one attached hydrogen (secondary N) is 1. The van der Waals surface area contributed by atoms with Crippen molar-refractivity contribution in [3.63, 3.8) is 0 Å². The highest BCUT2D eigenvalue weighted by Gasteiger charge is 2.18. The van der Waals surface area contributed by atoms with E-state index in [9.17, 15) is 9.90 Å². The number of hydrogen-bond acceptors (Lipinski definition) is 7. The number of benzene rings is 1. The fourth-order valence-corrected chi connectivity index (χ4v) is 3.32. The number of methoxy groups -OCH3 is 1. The highest BCUT2D eigenvalue weighted by atomic mass is 32.1. The van der Waals surface area contributed by atoms with Crippen LogP contribution in [0.2, 0.25) is 0 Å². The number of rotatable bonds is 2. The number of aromatic hydroxyl groups is 1. The number of fused-ring (bicyclic) bond motifs is 2. The summed E-state index contributed by atoms with van der Waals surface area (Å²) in [5.41, 5.74) is 1.84. The number of hydrogen-bond donors (Lipinski definition) is 2. The van der Waals surface area contributed by atoms with E-state index in [4.69, 9.17) is 4.74 Å². The number of aromatic amines is 1. The summed E-state index contributed by atoms with van der Waals surface area (Å²) in [6.07, 6.45) is 0.652. The van der Waals surface area contributed by atoms with Crippen LogP contribution in [0.25, 0.3) is 32.4 Å². The molecule has 0 aliphatic rings. The molecule has 0 fully saturated rings. The summed E-state index contributed by atoms with van der Waals surface area (Å²) in [5.74, 6) is 0.302. The number of H-pyrrole nitrogens is 1. The topological polar surface area (TPSA) is 97.3 Å². The standard InChI is InChI=1S/C16H11N3O4S/c1-22-16(21)23-8-2-3-11-10(6-8)12(14(20)19-11)13-9-4-5-24-15(9)18-7-17-13/h2-7,19-20H,1H3. The fourth-order valence-electron chi connectivity index (χ4n) is 2.59. The van der Waals surface area contributed by atoms with Gasteiger partial charge < -0.3 is 19.6 Å². The van der Waals surface area contributed by atoms with E-state index in [1.165, 1.54) is 24.8 Å². The molecule has 120 valence electrons. The van der Waals surface area contributed by atoms with Crippen molar-refractivity contribution in [2.45, 2.75) is 0 Å². The normalized spacial score (nSPS) is 11.0. The first kappa shape index (κ1) is 14.5. The van der Waals surface area contributed by atoms with Gasteiger partial charge in [-0.25, -0.2) is 14.8 Å². The Morgan fingerprint density at radius 1 is 1.25 bits per heavy atom. The highest BCUT2D eigenvalue weighted by molar-refractivity contribution is 7.16. The molecule has 4 aromatic rings. The Balaban J connectivity index is 1.94. The molecular formula is C16H11N3O4S. The van der Waals surface area contributed by atoms with Crippen LogP contribution in [0.4, 0.5) is 4.79 Å². The number of ether oxygens (including phenoxy) is 2. The van der Waals surface area contributed by atoms with Gasteiger partial charge in [-0.15, -0.1) is 11.3 Å². The minimum absolute atomic E-state index is 0.00795. The monoisotopic (exact) mass is 341 g/mol. The van der Waals surface area contributed by atoms with E-state index in [2.05, 4.69) is 19.7 Å². The van der Waals surface area contributed by atoms with Gasteiger partial charge in [-0.1, -0.05) is 0 Å². The second kappa shape index (κ2) is 5.50. The van der Waals surface area contributed by atoms with E-state index >= 15 is 0 Å². The molecule has 7 nitrogen and oxygen atoms in total. The lowest BCUT2D eigenvalue weighted by Crippen LogP contribution is -2.06. The lowest BCUT2D eigenvalue weighted by atomic mass is 10.1. The summed E-state index contributed by atoms with van der Waals surface area (Å²) in [6, 6.07) is 6.88. The Morgan fingerprint density at radius 2 is 2.12 bits per heavy atom. The van der Waals surface area contributed by atoms with Crippen molar-refractivity contribution in [3.8, 4) is 22.9 Å². The number of carbonyl (C=O) groups is 1. The Morgan fingerprint density at radius 3 is 2.96 bits per heavy atom. The number of nitrogens with zero attached hydrogens (tertiary/aromatic N) is 2. The molecular weight excluding hydrogens is 330 g/mol. The van der Waals surface area contributed by atoms with Gasteiger partial charge in [-0.2, -0.15) is 0 Å². The van der Waals surface area contributed by atoms with Gasteiger partial charge in [0.05, 0.1) is 18.4 Å². The molecule has 8 heteroatoms. The third kappa shape index (κ3) is 2.24. The quantitative estimate of drug-likeness (QED) is 0.426. The zero-order chi connectivity index (χ0) is 16.7. The van der Waals surface area contributed by atoms with E-state index < -0.39 is 6.16 Å². The van der Waals surface area contributed by atoms with Crippen molar-refractivity contribution in [3.05, 3.63) is 36.0 Å². The minimum Gasteiger partial charge on any atom is -0.494 e. The van der Waals surface area contributed by atoms with Gasteiger partial charge >= 0.3 is 6.16 Å². The lowest BCUT2D eigenvalue weighted by Gasteiger charge is -2.04. The van der Waals surface area contributed by atoms with Gasteiger partial charge in [0.1, 0.15) is 16.9 Å². The van der Waals surface area contributed by atoms with E-state index in [1.807, 2.05) is 11.4 Å². The summed E-state index contributed by atoms with van der Waals surface area (Å²) in [7, 11) is 1.24. The average Bonchev–Trinajstić information content (AvgIpc) is 3.18. The molecule has 0 unspecified atom stereocenters. The van der Waals surface area contributed by atoms with Crippen LogP contribution in [0.1, 0.15) is 0 Å². The van der Waals surface area contributed by atoms with E-state index in [0.717, 1.165) is 10.2 Å². The third-order valence-corrected chi connectivity index (χ3v) is 4.44. The Bertz CT molecular complexity index is 1070. The molecule has 4 rings (SSSR count). The fraction of sp³-hybridized carbons (Fsp3) is 0.0625. The average molecular weight is 341 g/mol. The smallest absolute Gasteiger partial charge is 0.494 e. The molecule has 0 aliphatic carbocycles. The lowest BCUT2D eigenvalue weighted by molar-refractivity contribution is 0.121. The highest BCUT2D eigenvalue weighted by Crippen LogP contribution is 2.40. The van der Waals surface area contributed by atoms with Crippen molar-refractivity contribution < 1.29 is 19.4 Å². The van der Waals surface area contributed by atoms with Gasteiger partial charge in [0.2, 0.25) is 0 Å². The first-order valence-corrected chi connectivity index (χ1v) is 7.84. The maximum Gasteiger partial charge on any atom is 0.513 e. The molecule has 0 bridgehead atoms. The maximum absolute atomic E-state index is 11.3. The van der Waals surface area contributed by atoms with Gasteiger partial charge in [-0.3, -0.25) is 0 Å². The van der Waals surface area contributed by atoms with E-state index in [0.29, 0.717) is 27.9 Å². The predicted octanol–water partition coefficient (Wildman–Crippen LogP) is 3.69. The molecule has 2 N–H and O–H groups in total. The molecule has 24 heavy (non-hydrogen) atoms. The summed E-state index contributed by atoms with van der Waals surface area (Å²) in [4.78, 5) is 23.6. The Kier molecular flexibility index (Phi) is 3.31. The Hall–Kier alpha value is -3.13. The van der Waals surface area contributed by atoms with Crippen LogP contribution in [0.3, 0.4) is 0 Å². The van der Waals surface area contributed by atoms with Gasteiger partial charge in [0.25, 0.3) is 0 Å². The Labute approximate surface area is 139 Å². The van der Waals surface area contributed by atoms with Crippen LogP contribution in [0.15, 0.2) is 36.0 Å². The molecule has 3 heterocycles. The molecule has 0 aliphatic heterocycles. The third-order valence-electron chi connectivity index (χ3n) is 3.62. The van der Waals surface area contributed by atoms with E-state index in [-0.39, 0.29) is 5.88 Å². The number of carbonyl (C=O) groups excluding carboxylic acids is 1. The molecule has 0 atom stereocenters. The zero-order valence-corrected chi connectivity index (χ0v) is 13.3. The molecule has 3 aromatic heterocycles. The molecule has 0 spiro atoms. The summed E-state index contributed by atoms with van der Waals surface area (Å²) in [6.45, 7) is 0. The second-order valence-electron chi connectivity index (χ2n) is 4.97. The van der Waals surface area contributed by atoms with E-state index in [1.54, 1.807) is 18.2 Å². The number of thiophene rings is 1. The first-order chi connectivity index (χ1) is 11.7. The van der Waals surface area contributed by atoms with Crippen molar-refractivity contribution in [2.75, 3.05) is 7.11 Å². The maximum atomic E-state index is 11.3. The van der Waals surface area contributed by atoms with Gasteiger partial charge in [0, 0.05) is 16.3 Å². The van der Waals surface area contributed by atoms with Crippen molar-refractivity contribution in [1.82, 2.24) is 15.0 Å². The van der Waals surface area contributed by atoms with Crippen molar-refractivity contribution >= 4 is 38.6 Å². The second-order valence-corrected chi connectivity index (χ2v) is 5.87. The summed E-state index contributed by atoms with van der Waals surface area (Å²) in [5, 5.41) is 13.8. The van der Waals surface area contributed by atoms with Crippen LogP contribution < -0.4 is 4.74 Å². The van der Waals surface area contributed by atoms with Crippen molar-refractivity contribution in [2.24, 2.45) is 0 Å². The number of aromatic nitrogens is 3. The summed E-state index contributed by atoms with van der Waals surface area (Å²) < 4.78 is 9.55. The van der Waals surface area contributed by atoms with Crippen molar-refractivity contribution in [1.29, 1.82) is 0 Å². The van der Waals surface area contributed by atoms with Crippen LogP contribution in [-0.2, 0) is 4.74 Å². The SMILES string of the molecule is COC(=O)Oc1ccc2[nH]c(O)c(-c3ncnc4sccc34)c2c1. The largest absolute Gasteiger partial charge is 0.513 e. The van der Waals surface area contributed by atoms with Crippen LogP contribution >= 0.6 is 11.3 Å². The van der Waals surface area contributed by atoms with Crippen LogP contribution in [0, 0.1) is 0 Å². The van der Waals surface area contributed by atoms with Gasteiger partial charge in [0.15, 0.2) is 5.88 Å². The molecule has 0 radical (unpaired) electrons. The first-order valence-electron chi connectivity index (χ1n) is 6.96. The van der Waals surface area contributed by atoms with Crippen LogP contribution in [0.5, 0.6) is 11.6 Å². The van der Waals surface area contributed by atoms with Crippen LogP contribution in [-0.4, -0.2) is 33.3 Å². The molecule has 0 saturated heterocycles. The summed E-state index contributed by atoms with van der Waals surface area (Å²) >= 11 is 1.50. The molecule has 1 aromatic carbocycles. The molecule has 0 amide bonds. The molecule has 0 saturated carbocycles. The predicted molar refractivity (Wildman–Crippen MR) is 89.4 cm³/mol. The zero-order valence-electron chi connectivity index (χ0n) is 12.4.